The van der Waals surface area contributed by atoms with Crippen LogP contribution in [0.3, 0.4) is 0 Å². The molecule has 0 aliphatic heterocycles. The van der Waals surface area contributed by atoms with Crippen LogP contribution in [0.4, 0.5) is 0 Å². The van der Waals surface area contributed by atoms with Crippen molar-refractivity contribution in [1.82, 2.24) is 4.72 Å². The molecule has 1 rings (SSSR count). The van der Waals surface area contributed by atoms with Crippen LogP contribution in [0.5, 0.6) is 0 Å². The molecule has 1 heterocycles. The second-order valence-corrected chi connectivity index (χ2v) is 8.47. The first-order chi connectivity index (χ1) is 8.15. The average molecular weight is 356 g/mol. The van der Waals surface area contributed by atoms with Crippen LogP contribution in [-0.4, -0.2) is 25.5 Å². The Bertz CT molecular complexity index is 550. The number of hydrogen-bond donors (Lipinski definition) is 2. The van der Waals surface area contributed by atoms with Crippen LogP contribution < -0.4 is 4.72 Å². The fourth-order valence-electron chi connectivity index (χ4n) is 1.40. The predicted molar refractivity (Wildman–Crippen MR) is 73.3 cm³/mol. The van der Waals surface area contributed by atoms with E-state index in [-0.39, 0.29) is 10.8 Å². The monoisotopic (exact) mass is 355 g/mol. The Morgan fingerprint density at radius 1 is 1.50 bits per heavy atom. The summed E-state index contributed by atoms with van der Waals surface area (Å²) in [5, 5.41) is 8.99. The Kier molecular flexibility index (Phi) is 4.93. The van der Waals surface area contributed by atoms with Crippen molar-refractivity contribution >= 4 is 43.3 Å². The number of thiophene rings is 1. The summed E-state index contributed by atoms with van der Waals surface area (Å²) in [5.41, 5.74) is 0. The molecule has 0 aliphatic rings. The third-order valence-electron chi connectivity index (χ3n) is 2.35. The van der Waals surface area contributed by atoms with Crippen LogP contribution in [-0.2, 0) is 14.8 Å². The zero-order chi connectivity index (χ0) is 14.1. The smallest absolute Gasteiger partial charge is 0.322 e. The topological polar surface area (TPSA) is 83.5 Å². The molecule has 0 aliphatic carbocycles. The molecule has 1 aromatic heterocycles. The van der Waals surface area contributed by atoms with Crippen LogP contribution in [0.1, 0.15) is 18.7 Å². The molecule has 1 atom stereocenters. The molecule has 0 bridgehead atoms. The third kappa shape index (κ3) is 3.53. The fourth-order valence-corrected chi connectivity index (χ4v) is 5.15. The number of carboxylic acid groups (broad SMARTS) is 1. The molecule has 0 fully saturated rings. The number of carboxylic acids is 1. The van der Waals surface area contributed by atoms with E-state index in [0.717, 1.165) is 0 Å². The SMILES string of the molecule is Cc1sc(Br)cc1S(=O)(=O)N[C@H](C(=O)O)C(C)C. The zero-order valence-electron chi connectivity index (χ0n) is 10.1. The summed E-state index contributed by atoms with van der Waals surface area (Å²) in [6, 6.07) is 0.342. The fraction of sp³-hybridized carbons (Fsp3) is 0.500. The van der Waals surface area contributed by atoms with Gasteiger partial charge in [0.25, 0.3) is 0 Å². The minimum atomic E-state index is -3.81. The first-order valence-corrected chi connectivity index (χ1v) is 8.25. The Morgan fingerprint density at radius 3 is 2.39 bits per heavy atom. The van der Waals surface area contributed by atoms with E-state index in [4.69, 9.17) is 5.11 Å². The van der Waals surface area contributed by atoms with Gasteiger partial charge in [0.1, 0.15) is 6.04 Å². The lowest BCUT2D eigenvalue weighted by Crippen LogP contribution is -2.44. The Balaban J connectivity index is 3.08. The van der Waals surface area contributed by atoms with Gasteiger partial charge in [0.15, 0.2) is 0 Å². The highest BCUT2D eigenvalue weighted by atomic mass is 79.9. The number of hydrogen-bond acceptors (Lipinski definition) is 4. The third-order valence-corrected chi connectivity index (χ3v) is 5.60. The van der Waals surface area contributed by atoms with Crippen molar-refractivity contribution in [3.8, 4) is 0 Å². The zero-order valence-corrected chi connectivity index (χ0v) is 13.3. The van der Waals surface area contributed by atoms with Gasteiger partial charge in [-0.2, -0.15) is 4.72 Å². The van der Waals surface area contributed by atoms with Crippen molar-refractivity contribution in [1.29, 1.82) is 0 Å². The van der Waals surface area contributed by atoms with E-state index in [1.54, 1.807) is 20.8 Å². The summed E-state index contributed by atoms with van der Waals surface area (Å²) in [6.07, 6.45) is 0. The molecule has 0 spiro atoms. The van der Waals surface area contributed by atoms with Crippen molar-refractivity contribution in [2.45, 2.75) is 31.7 Å². The molecule has 0 saturated heterocycles. The molecule has 1 aromatic rings. The van der Waals surface area contributed by atoms with Gasteiger partial charge in [-0.3, -0.25) is 4.79 Å². The maximum absolute atomic E-state index is 12.1. The lowest BCUT2D eigenvalue weighted by molar-refractivity contribution is -0.140. The maximum Gasteiger partial charge on any atom is 0.322 e. The standard InChI is InChI=1S/C10H14BrNO4S2/c1-5(2)9(10(13)14)12-18(15,16)7-4-8(11)17-6(7)3/h4-5,9,12H,1-3H3,(H,13,14)/t9-/m0/s1. The molecule has 5 nitrogen and oxygen atoms in total. The van der Waals surface area contributed by atoms with E-state index >= 15 is 0 Å². The van der Waals surface area contributed by atoms with Crippen LogP contribution >= 0.6 is 27.3 Å². The van der Waals surface area contributed by atoms with Gasteiger partial charge >= 0.3 is 5.97 Å². The van der Waals surface area contributed by atoms with Crippen molar-refractivity contribution in [3.05, 3.63) is 14.7 Å². The summed E-state index contributed by atoms with van der Waals surface area (Å²) in [6.45, 7) is 4.98. The molecular formula is C10H14BrNO4S2. The highest BCUT2D eigenvalue weighted by Gasteiger charge is 2.29. The Labute approximate surface area is 118 Å². The van der Waals surface area contributed by atoms with Gasteiger partial charge in [0.05, 0.1) is 8.68 Å². The first kappa shape index (κ1) is 15.6. The summed E-state index contributed by atoms with van der Waals surface area (Å²) in [7, 11) is -3.81. The quantitative estimate of drug-likeness (QED) is 0.847. The van der Waals surface area contributed by atoms with Gasteiger partial charge in [-0.25, -0.2) is 8.42 Å². The van der Waals surface area contributed by atoms with E-state index in [2.05, 4.69) is 20.7 Å². The molecular weight excluding hydrogens is 342 g/mol. The van der Waals surface area contributed by atoms with Gasteiger partial charge in [-0.1, -0.05) is 13.8 Å². The second kappa shape index (κ2) is 5.68. The van der Waals surface area contributed by atoms with Crippen molar-refractivity contribution in [2.75, 3.05) is 0 Å². The molecule has 0 saturated carbocycles. The number of sulfonamides is 1. The number of nitrogens with one attached hydrogen (secondary N) is 1. The van der Waals surface area contributed by atoms with Crippen molar-refractivity contribution < 1.29 is 18.3 Å². The molecule has 0 radical (unpaired) electrons. The molecule has 8 heteroatoms. The van der Waals surface area contributed by atoms with Gasteiger partial charge in [-0.05, 0) is 34.8 Å². The maximum atomic E-state index is 12.1. The second-order valence-electron chi connectivity index (χ2n) is 4.15. The van der Waals surface area contributed by atoms with Gasteiger partial charge in [0, 0.05) is 4.88 Å². The van der Waals surface area contributed by atoms with Crippen molar-refractivity contribution in [3.63, 3.8) is 0 Å². The van der Waals surface area contributed by atoms with E-state index < -0.39 is 22.0 Å². The summed E-state index contributed by atoms with van der Waals surface area (Å²) in [4.78, 5) is 11.7. The Hall–Kier alpha value is -0.440. The molecule has 0 aromatic carbocycles. The molecule has 0 amide bonds. The summed E-state index contributed by atoms with van der Waals surface area (Å²) < 4.78 is 27.1. The number of aliphatic carboxylic acids is 1. The minimum absolute atomic E-state index is 0.117. The van der Waals surface area contributed by atoms with Crippen LogP contribution in [0.15, 0.2) is 14.7 Å². The van der Waals surface area contributed by atoms with Crippen LogP contribution in [0, 0.1) is 12.8 Å². The lowest BCUT2D eigenvalue weighted by Gasteiger charge is -2.17. The largest absolute Gasteiger partial charge is 0.480 e. The Morgan fingerprint density at radius 2 is 2.06 bits per heavy atom. The number of rotatable bonds is 5. The minimum Gasteiger partial charge on any atom is -0.480 e. The molecule has 102 valence electrons. The van der Waals surface area contributed by atoms with E-state index in [1.807, 2.05) is 0 Å². The number of aryl methyl sites for hydroxylation is 1. The normalized spacial score (nSPS) is 13.8. The summed E-state index contributed by atoms with van der Waals surface area (Å²) >= 11 is 4.50. The van der Waals surface area contributed by atoms with E-state index in [9.17, 15) is 13.2 Å². The highest BCUT2D eigenvalue weighted by molar-refractivity contribution is 9.11. The average Bonchev–Trinajstić information content (AvgIpc) is 2.54. The summed E-state index contributed by atoms with van der Waals surface area (Å²) in [5.74, 6) is -1.51. The number of carbonyl (C=O) groups is 1. The van der Waals surface area contributed by atoms with Gasteiger partial charge < -0.3 is 5.11 Å². The van der Waals surface area contributed by atoms with E-state index in [0.29, 0.717) is 8.66 Å². The molecule has 2 N–H and O–H groups in total. The predicted octanol–water partition coefficient (Wildman–Crippen LogP) is 2.21. The first-order valence-electron chi connectivity index (χ1n) is 5.16. The van der Waals surface area contributed by atoms with Gasteiger partial charge in [-0.15, -0.1) is 11.3 Å². The van der Waals surface area contributed by atoms with Gasteiger partial charge in [0.2, 0.25) is 10.0 Å². The number of halogens is 1. The van der Waals surface area contributed by atoms with Crippen LogP contribution in [0.25, 0.3) is 0 Å². The molecule has 18 heavy (non-hydrogen) atoms. The van der Waals surface area contributed by atoms with Crippen LogP contribution in [0.2, 0.25) is 0 Å². The van der Waals surface area contributed by atoms with E-state index in [1.165, 1.54) is 17.4 Å². The highest BCUT2D eigenvalue weighted by Crippen LogP contribution is 2.29. The lowest BCUT2D eigenvalue weighted by atomic mass is 10.1. The molecule has 0 unspecified atom stereocenters. The van der Waals surface area contributed by atoms with Crippen molar-refractivity contribution in [2.24, 2.45) is 5.92 Å².